The van der Waals surface area contributed by atoms with Crippen molar-refractivity contribution < 1.29 is 14.3 Å². The van der Waals surface area contributed by atoms with Crippen molar-refractivity contribution in [3.8, 4) is 0 Å². The van der Waals surface area contributed by atoms with Crippen LogP contribution in [-0.4, -0.2) is 41.5 Å². The average molecular weight is 251 g/mol. The quantitative estimate of drug-likeness (QED) is 0.830. The largest absolute Gasteiger partial charge is 0.395 e. The van der Waals surface area contributed by atoms with E-state index in [0.29, 0.717) is 12.1 Å². The van der Waals surface area contributed by atoms with Crippen molar-refractivity contribution in [1.82, 2.24) is 4.90 Å². The van der Waals surface area contributed by atoms with E-state index < -0.39 is 0 Å². The number of hydrogen-bond acceptors (Lipinski definition) is 3. The summed E-state index contributed by atoms with van der Waals surface area (Å²) in [6, 6.07) is 5.70. The van der Waals surface area contributed by atoms with Crippen molar-refractivity contribution in [3.63, 3.8) is 0 Å². The molecule has 1 aromatic rings. The third kappa shape index (κ3) is 3.15. The first-order chi connectivity index (χ1) is 8.70. The maximum absolute atomic E-state index is 12.8. The molecule has 1 aliphatic rings. The lowest BCUT2D eigenvalue weighted by Crippen LogP contribution is -2.44. The van der Waals surface area contributed by atoms with Crippen LogP contribution in [0.3, 0.4) is 0 Å². The summed E-state index contributed by atoms with van der Waals surface area (Å²) in [6.45, 7) is 1.24. The Hall–Kier alpha value is -1.26. The van der Waals surface area contributed by atoms with E-state index in [4.69, 9.17) is 0 Å². The molecule has 1 atom stereocenters. The monoisotopic (exact) mass is 251 g/mol. The summed E-state index contributed by atoms with van der Waals surface area (Å²) in [6.07, 6.45) is 3.10. The van der Waals surface area contributed by atoms with Gasteiger partial charge >= 0.3 is 0 Å². The van der Waals surface area contributed by atoms with Crippen molar-refractivity contribution >= 4 is 5.78 Å². The van der Waals surface area contributed by atoms with Gasteiger partial charge in [-0.15, -0.1) is 0 Å². The molecule has 0 saturated carbocycles. The minimum Gasteiger partial charge on any atom is -0.395 e. The Balaban J connectivity index is 1.99. The van der Waals surface area contributed by atoms with Gasteiger partial charge in [0.25, 0.3) is 0 Å². The zero-order valence-electron chi connectivity index (χ0n) is 10.3. The van der Waals surface area contributed by atoms with Crippen molar-refractivity contribution in [1.29, 1.82) is 0 Å². The van der Waals surface area contributed by atoms with Crippen LogP contribution in [0, 0.1) is 5.82 Å². The van der Waals surface area contributed by atoms with Crippen molar-refractivity contribution in [2.45, 2.75) is 25.3 Å². The first-order valence-corrected chi connectivity index (χ1v) is 6.34. The molecule has 1 fully saturated rings. The maximum Gasteiger partial charge on any atom is 0.176 e. The number of piperidine rings is 1. The highest BCUT2D eigenvalue weighted by atomic mass is 19.1. The van der Waals surface area contributed by atoms with E-state index in [0.717, 1.165) is 25.8 Å². The Morgan fingerprint density at radius 3 is 2.72 bits per heavy atom. The SMILES string of the molecule is O=C(CN1CCCCC1CO)c1ccc(F)cc1. The molecule has 0 radical (unpaired) electrons. The zero-order chi connectivity index (χ0) is 13.0. The fourth-order valence-corrected chi connectivity index (χ4v) is 2.39. The Morgan fingerprint density at radius 2 is 2.06 bits per heavy atom. The lowest BCUT2D eigenvalue weighted by molar-refractivity contribution is 0.0711. The molecule has 0 aliphatic carbocycles. The molecule has 1 unspecified atom stereocenters. The molecule has 1 heterocycles. The van der Waals surface area contributed by atoms with Gasteiger partial charge in [-0.2, -0.15) is 0 Å². The highest BCUT2D eigenvalue weighted by Crippen LogP contribution is 2.17. The number of aliphatic hydroxyl groups is 1. The van der Waals surface area contributed by atoms with Crippen LogP contribution in [0.5, 0.6) is 0 Å². The molecule has 3 nitrogen and oxygen atoms in total. The molecule has 98 valence electrons. The fraction of sp³-hybridized carbons (Fsp3) is 0.500. The van der Waals surface area contributed by atoms with Crippen molar-refractivity contribution in [2.24, 2.45) is 0 Å². The number of halogens is 1. The van der Waals surface area contributed by atoms with Crippen LogP contribution in [0.1, 0.15) is 29.6 Å². The molecule has 1 aliphatic heterocycles. The van der Waals surface area contributed by atoms with Crippen LogP contribution in [-0.2, 0) is 0 Å². The van der Waals surface area contributed by atoms with Gasteiger partial charge in [-0.05, 0) is 43.7 Å². The Bertz CT molecular complexity index is 405. The molecule has 1 N–H and O–H groups in total. The molecule has 2 rings (SSSR count). The third-order valence-corrected chi connectivity index (χ3v) is 3.47. The normalized spacial score (nSPS) is 20.9. The summed E-state index contributed by atoms with van der Waals surface area (Å²) in [5.74, 6) is -0.354. The molecule has 4 heteroatoms. The topological polar surface area (TPSA) is 40.5 Å². The number of carbonyl (C=O) groups excluding carboxylic acids is 1. The number of hydrogen-bond donors (Lipinski definition) is 1. The number of nitrogens with zero attached hydrogens (tertiary/aromatic N) is 1. The Labute approximate surface area is 106 Å². The number of ketones is 1. The second-order valence-electron chi connectivity index (χ2n) is 4.73. The van der Waals surface area contributed by atoms with Gasteiger partial charge in [-0.3, -0.25) is 9.69 Å². The predicted molar refractivity (Wildman–Crippen MR) is 67.0 cm³/mol. The number of aliphatic hydroxyl groups excluding tert-OH is 1. The van der Waals surface area contributed by atoms with Crippen LogP contribution >= 0.6 is 0 Å². The van der Waals surface area contributed by atoms with Gasteiger partial charge in [0, 0.05) is 11.6 Å². The van der Waals surface area contributed by atoms with Crippen molar-refractivity contribution in [2.75, 3.05) is 19.7 Å². The standard InChI is InChI=1S/C14H18FNO2/c15-12-6-4-11(5-7-12)14(18)9-16-8-2-1-3-13(16)10-17/h4-7,13,17H,1-3,8-10H2. The van der Waals surface area contributed by atoms with Gasteiger partial charge in [0.05, 0.1) is 13.2 Å². The molecule has 1 saturated heterocycles. The Kier molecular flexibility index (Phi) is 4.44. The molecule has 0 amide bonds. The van der Waals surface area contributed by atoms with Gasteiger partial charge in [0.2, 0.25) is 0 Å². The predicted octanol–water partition coefficient (Wildman–Crippen LogP) is 1.86. The third-order valence-electron chi connectivity index (χ3n) is 3.47. The minimum atomic E-state index is -0.335. The van der Waals surface area contributed by atoms with Crippen LogP contribution in [0.4, 0.5) is 4.39 Å². The van der Waals surface area contributed by atoms with Crippen LogP contribution in [0.25, 0.3) is 0 Å². The lowest BCUT2D eigenvalue weighted by atomic mass is 10.0. The average Bonchev–Trinajstić information content (AvgIpc) is 2.40. The smallest absolute Gasteiger partial charge is 0.176 e. The number of benzene rings is 1. The Morgan fingerprint density at radius 1 is 1.33 bits per heavy atom. The summed E-state index contributed by atoms with van der Waals surface area (Å²) >= 11 is 0. The lowest BCUT2D eigenvalue weighted by Gasteiger charge is -2.33. The highest BCUT2D eigenvalue weighted by molar-refractivity contribution is 5.97. The molecular formula is C14H18FNO2. The summed E-state index contributed by atoms with van der Waals surface area (Å²) in [5, 5.41) is 9.28. The van der Waals surface area contributed by atoms with Gasteiger partial charge in [-0.1, -0.05) is 6.42 Å². The number of likely N-dealkylation sites (tertiary alicyclic amines) is 1. The van der Waals surface area contributed by atoms with Gasteiger partial charge in [0.1, 0.15) is 5.82 Å². The number of Topliss-reactive ketones (excluding diaryl/α,β-unsaturated/α-hetero) is 1. The highest BCUT2D eigenvalue weighted by Gasteiger charge is 2.23. The first-order valence-electron chi connectivity index (χ1n) is 6.34. The van der Waals surface area contributed by atoms with Crippen LogP contribution < -0.4 is 0 Å². The first kappa shape index (κ1) is 13.2. The summed E-state index contributed by atoms with van der Waals surface area (Å²) in [4.78, 5) is 14.1. The molecule has 0 spiro atoms. The van der Waals surface area contributed by atoms with Gasteiger partial charge in [0.15, 0.2) is 5.78 Å². The second kappa shape index (κ2) is 6.07. The van der Waals surface area contributed by atoms with E-state index in [1.165, 1.54) is 24.3 Å². The molecular weight excluding hydrogens is 233 g/mol. The molecule has 18 heavy (non-hydrogen) atoms. The zero-order valence-corrected chi connectivity index (χ0v) is 10.3. The van der Waals surface area contributed by atoms with Crippen LogP contribution in [0.15, 0.2) is 24.3 Å². The van der Waals surface area contributed by atoms with E-state index >= 15 is 0 Å². The molecule has 0 aromatic heterocycles. The summed E-state index contributed by atoms with van der Waals surface area (Å²) in [7, 11) is 0. The fourth-order valence-electron chi connectivity index (χ4n) is 2.39. The molecule has 0 bridgehead atoms. The minimum absolute atomic E-state index is 0.0182. The van der Waals surface area contributed by atoms with Crippen molar-refractivity contribution in [3.05, 3.63) is 35.6 Å². The van der Waals surface area contributed by atoms with E-state index in [9.17, 15) is 14.3 Å². The van der Waals surface area contributed by atoms with E-state index in [1.54, 1.807) is 0 Å². The van der Waals surface area contributed by atoms with Gasteiger partial charge in [-0.25, -0.2) is 4.39 Å². The number of rotatable bonds is 4. The van der Waals surface area contributed by atoms with E-state index in [1.807, 2.05) is 4.90 Å². The van der Waals surface area contributed by atoms with Crippen LogP contribution in [0.2, 0.25) is 0 Å². The van der Waals surface area contributed by atoms with E-state index in [-0.39, 0.29) is 24.2 Å². The van der Waals surface area contributed by atoms with E-state index in [2.05, 4.69) is 0 Å². The van der Waals surface area contributed by atoms with Gasteiger partial charge < -0.3 is 5.11 Å². The summed E-state index contributed by atoms with van der Waals surface area (Å²) in [5.41, 5.74) is 0.527. The number of carbonyl (C=O) groups is 1. The maximum atomic E-state index is 12.8. The molecule has 1 aromatic carbocycles. The second-order valence-corrected chi connectivity index (χ2v) is 4.73. The summed E-state index contributed by atoms with van der Waals surface area (Å²) < 4.78 is 12.8.